The predicted molar refractivity (Wildman–Crippen MR) is 99.7 cm³/mol. The predicted octanol–water partition coefficient (Wildman–Crippen LogP) is 4.26. The fraction of sp³-hybridized carbons (Fsp3) is 0.0526. The molecule has 0 fully saturated rings. The highest BCUT2D eigenvalue weighted by atomic mass is 32.1. The Morgan fingerprint density at radius 3 is 2.40 bits per heavy atom. The third-order valence-corrected chi connectivity index (χ3v) is 4.36. The van der Waals surface area contributed by atoms with Gasteiger partial charge in [-0.05, 0) is 35.7 Å². The SMILES string of the molecule is COc1cc(NC(=O)c2cccs2)ccc1NC(=O)c1ccccc1. The van der Waals surface area contributed by atoms with Crippen LogP contribution in [0.15, 0.2) is 66.0 Å². The van der Waals surface area contributed by atoms with Crippen LogP contribution in [0.3, 0.4) is 0 Å². The maximum absolute atomic E-state index is 12.3. The summed E-state index contributed by atoms with van der Waals surface area (Å²) < 4.78 is 5.33. The van der Waals surface area contributed by atoms with Gasteiger partial charge in [0.2, 0.25) is 0 Å². The quantitative estimate of drug-likeness (QED) is 0.721. The standard InChI is InChI=1S/C19H16N2O3S/c1-24-16-12-14(20-19(23)17-8-5-11-25-17)9-10-15(16)21-18(22)13-6-3-2-4-7-13/h2-12H,1H3,(H,20,23)(H,21,22). The van der Waals surface area contributed by atoms with Crippen molar-refractivity contribution in [1.82, 2.24) is 0 Å². The Morgan fingerprint density at radius 1 is 0.920 bits per heavy atom. The highest BCUT2D eigenvalue weighted by Gasteiger charge is 2.12. The fourth-order valence-corrected chi connectivity index (χ4v) is 2.88. The average Bonchev–Trinajstić information content (AvgIpc) is 3.18. The van der Waals surface area contributed by atoms with E-state index in [-0.39, 0.29) is 11.8 Å². The molecular weight excluding hydrogens is 336 g/mol. The third-order valence-electron chi connectivity index (χ3n) is 3.49. The number of nitrogens with one attached hydrogen (secondary N) is 2. The summed E-state index contributed by atoms with van der Waals surface area (Å²) in [7, 11) is 1.51. The normalized spacial score (nSPS) is 10.1. The molecule has 0 atom stereocenters. The van der Waals surface area contributed by atoms with E-state index in [2.05, 4.69) is 10.6 Å². The second kappa shape index (κ2) is 7.63. The van der Waals surface area contributed by atoms with Gasteiger partial charge >= 0.3 is 0 Å². The van der Waals surface area contributed by atoms with Gasteiger partial charge in [0.05, 0.1) is 17.7 Å². The van der Waals surface area contributed by atoms with Crippen molar-refractivity contribution in [3.8, 4) is 5.75 Å². The van der Waals surface area contributed by atoms with Gasteiger partial charge in [0.25, 0.3) is 11.8 Å². The van der Waals surface area contributed by atoms with Gasteiger partial charge in [-0.25, -0.2) is 0 Å². The first-order chi connectivity index (χ1) is 12.2. The monoisotopic (exact) mass is 352 g/mol. The second-order valence-corrected chi connectivity index (χ2v) is 6.11. The van der Waals surface area contributed by atoms with Crippen molar-refractivity contribution in [2.45, 2.75) is 0 Å². The number of methoxy groups -OCH3 is 1. The highest BCUT2D eigenvalue weighted by molar-refractivity contribution is 7.12. The van der Waals surface area contributed by atoms with Crippen LogP contribution in [-0.2, 0) is 0 Å². The highest BCUT2D eigenvalue weighted by Crippen LogP contribution is 2.29. The zero-order valence-electron chi connectivity index (χ0n) is 13.5. The molecule has 0 saturated carbocycles. The Labute approximate surface area is 149 Å². The molecular formula is C19H16N2O3S. The van der Waals surface area contributed by atoms with Crippen LogP contribution in [0, 0.1) is 0 Å². The van der Waals surface area contributed by atoms with Crippen molar-refractivity contribution in [2.24, 2.45) is 0 Å². The van der Waals surface area contributed by atoms with E-state index in [1.165, 1.54) is 18.4 Å². The first-order valence-electron chi connectivity index (χ1n) is 7.56. The molecule has 0 radical (unpaired) electrons. The van der Waals surface area contributed by atoms with Crippen LogP contribution in [0.4, 0.5) is 11.4 Å². The average molecular weight is 352 g/mol. The second-order valence-electron chi connectivity index (χ2n) is 5.17. The maximum atomic E-state index is 12.3. The summed E-state index contributed by atoms with van der Waals surface area (Å²) in [6.07, 6.45) is 0. The summed E-state index contributed by atoms with van der Waals surface area (Å²) in [5, 5.41) is 7.47. The zero-order valence-corrected chi connectivity index (χ0v) is 14.3. The van der Waals surface area contributed by atoms with Crippen LogP contribution in [-0.4, -0.2) is 18.9 Å². The summed E-state index contributed by atoms with van der Waals surface area (Å²) in [6, 6.07) is 17.6. The molecule has 5 nitrogen and oxygen atoms in total. The molecule has 0 bridgehead atoms. The maximum Gasteiger partial charge on any atom is 0.265 e. The van der Waals surface area contributed by atoms with Crippen molar-refractivity contribution in [3.05, 3.63) is 76.5 Å². The van der Waals surface area contributed by atoms with Crippen LogP contribution in [0.1, 0.15) is 20.0 Å². The number of carbonyl (C=O) groups is 2. The molecule has 0 aliphatic carbocycles. The summed E-state index contributed by atoms with van der Waals surface area (Å²) in [5.41, 5.74) is 1.68. The molecule has 1 aromatic heterocycles. The van der Waals surface area contributed by atoms with E-state index in [0.29, 0.717) is 27.6 Å². The van der Waals surface area contributed by atoms with Crippen LogP contribution in [0.2, 0.25) is 0 Å². The van der Waals surface area contributed by atoms with Crippen molar-refractivity contribution < 1.29 is 14.3 Å². The van der Waals surface area contributed by atoms with Crippen LogP contribution < -0.4 is 15.4 Å². The Hall–Kier alpha value is -3.12. The molecule has 126 valence electrons. The molecule has 2 aromatic carbocycles. The van der Waals surface area contributed by atoms with Gasteiger partial charge in [-0.2, -0.15) is 0 Å². The first-order valence-corrected chi connectivity index (χ1v) is 8.44. The lowest BCUT2D eigenvalue weighted by Gasteiger charge is -2.12. The lowest BCUT2D eigenvalue weighted by Crippen LogP contribution is -2.13. The number of benzene rings is 2. The van der Waals surface area contributed by atoms with Crippen molar-refractivity contribution in [1.29, 1.82) is 0 Å². The van der Waals surface area contributed by atoms with Crippen molar-refractivity contribution in [2.75, 3.05) is 17.7 Å². The summed E-state index contributed by atoms with van der Waals surface area (Å²) >= 11 is 1.37. The topological polar surface area (TPSA) is 67.4 Å². The number of hydrogen-bond donors (Lipinski definition) is 2. The number of anilines is 2. The van der Waals surface area contributed by atoms with E-state index < -0.39 is 0 Å². The Kier molecular flexibility index (Phi) is 5.11. The lowest BCUT2D eigenvalue weighted by atomic mass is 10.2. The van der Waals surface area contributed by atoms with Gasteiger partial charge in [0, 0.05) is 17.3 Å². The molecule has 2 amide bonds. The van der Waals surface area contributed by atoms with Crippen LogP contribution in [0.5, 0.6) is 5.75 Å². The van der Waals surface area contributed by atoms with Gasteiger partial charge in [0.1, 0.15) is 5.75 Å². The van der Waals surface area contributed by atoms with Crippen LogP contribution in [0.25, 0.3) is 0 Å². The lowest BCUT2D eigenvalue weighted by molar-refractivity contribution is 0.101. The molecule has 6 heteroatoms. The zero-order chi connectivity index (χ0) is 17.6. The molecule has 2 N–H and O–H groups in total. The van der Waals surface area contributed by atoms with Gasteiger partial charge in [-0.1, -0.05) is 24.3 Å². The molecule has 3 aromatic rings. The first kappa shape index (κ1) is 16.7. The van der Waals surface area contributed by atoms with Crippen molar-refractivity contribution in [3.63, 3.8) is 0 Å². The number of ether oxygens (including phenoxy) is 1. The number of hydrogen-bond acceptors (Lipinski definition) is 4. The Balaban J connectivity index is 1.75. The minimum atomic E-state index is -0.228. The Morgan fingerprint density at radius 2 is 1.72 bits per heavy atom. The van der Waals surface area contributed by atoms with Crippen molar-refractivity contribution >= 4 is 34.5 Å². The molecule has 25 heavy (non-hydrogen) atoms. The van der Waals surface area contributed by atoms with Gasteiger partial charge in [-0.15, -0.1) is 11.3 Å². The summed E-state index contributed by atoms with van der Waals surface area (Å²) in [5.74, 6) is 0.0562. The Bertz CT molecular complexity index is 877. The van der Waals surface area contributed by atoms with E-state index in [1.54, 1.807) is 48.5 Å². The van der Waals surface area contributed by atoms with Gasteiger partial charge in [0.15, 0.2) is 0 Å². The summed E-state index contributed by atoms with van der Waals surface area (Å²) in [4.78, 5) is 25.0. The van der Waals surface area contributed by atoms with E-state index in [4.69, 9.17) is 4.74 Å². The molecule has 0 unspecified atom stereocenters. The molecule has 0 aliphatic rings. The third kappa shape index (κ3) is 4.05. The van der Waals surface area contributed by atoms with E-state index >= 15 is 0 Å². The number of rotatable bonds is 5. The number of carbonyl (C=O) groups excluding carboxylic acids is 2. The van der Waals surface area contributed by atoms with Crippen LogP contribution >= 0.6 is 11.3 Å². The molecule has 0 saturated heterocycles. The molecule has 3 rings (SSSR count). The largest absolute Gasteiger partial charge is 0.494 e. The van der Waals surface area contributed by atoms with E-state index in [1.807, 2.05) is 17.5 Å². The summed E-state index contributed by atoms with van der Waals surface area (Å²) in [6.45, 7) is 0. The van der Waals surface area contributed by atoms with E-state index in [9.17, 15) is 9.59 Å². The smallest absolute Gasteiger partial charge is 0.265 e. The van der Waals surface area contributed by atoms with Gasteiger partial charge in [-0.3, -0.25) is 9.59 Å². The molecule has 0 aliphatic heterocycles. The number of thiophene rings is 1. The van der Waals surface area contributed by atoms with Gasteiger partial charge < -0.3 is 15.4 Å². The minimum absolute atomic E-state index is 0.182. The molecule has 1 heterocycles. The minimum Gasteiger partial charge on any atom is -0.494 e. The van der Waals surface area contributed by atoms with E-state index in [0.717, 1.165) is 0 Å². The number of amides is 2. The fourth-order valence-electron chi connectivity index (χ4n) is 2.26. The molecule has 0 spiro atoms.